The molecule has 0 saturated carbocycles. The van der Waals surface area contributed by atoms with Crippen LogP contribution in [0.25, 0.3) is 0 Å². The molecule has 8 nitrogen and oxygen atoms in total. The van der Waals surface area contributed by atoms with Crippen LogP contribution in [0.4, 0.5) is 11.6 Å². The number of anilines is 2. The van der Waals surface area contributed by atoms with Crippen LogP contribution < -0.4 is 10.6 Å². The lowest BCUT2D eigenvalue weighted by molar-refractivity contribution is -0.119. The summed E-state index contributed by atoms with van der Waals surface area (Å²) in [4.78, 5) is 37.3. The molecule has 1 heterocycles. The fourth-order valence-corrected chi connectivity index (χ4v) is 2.97. The minimum atomic E-state index is -0.785. The van der Waals surface area contributed by atoms with E-state index in [0.29, 0.717) is 16.9 Å². The molecule has 1 aromatic heterocycles. The van der Waals surface area contributed by atoms with E-state index in [4.69, 9.17) is 9.15 Å². The van der Waals surface area contributed by atoms with Crippen LogP contribution in [0.1, 0.15) is 43.2 Å². The van der Waals surface area contributed by atoms with Crippen LogP contribution in [0.2, 0.25) is 0 Å². The number of aryl methyl sites for hydroxylation is 2. The van der Waals surface area contributed by atoms with Crippen molar-refractivity contribution in [2.45, 2.75) is 20.8 Å². The first-order chi connectivity index (χ1) is 15.3. The van der Waals surface area contributed by atoms with Crippen LogP contribution in [0, 0.1) is 32.1 Å². The number of nitrogens with one attached hydrogen (secondary N) is 2. The summed E-state index contributed by atoms with van der Waals surface area (Å²) in [7, 11) is 0. The Hall–Kier alpha value is -4.38. The number of para-hydroxylation sites is 1. The van der Waals surface area contributed by atoms with Gasteiger partial charge in [0.05, 0.1) is 11.3 Å². The lowest BCUT2D eigenvalue weighted by Crippen LogP contribution is -2.22. The zero-order chi connectivity index (χ0) is 23.3. The number of ether oxygens (including phenoxy) is 1. The Balaban J connectivity index is 1.66. The fourth-order valence-electron chi connectivity index (χ4n) is 2.97. The van der Waals surface area contributed by atoms with Crippen molar-refractivity contribution in [1.82, 2.24) is 0 Å². The van der Waals surface area contributed by atoms with Gasteiger partial charge in [0.15, 0.2) is 6.61 Å². The maximum Gasteiger partial charge on any atom is 0.340 e. The van der Waals surface area contributed by atoms with Crippen molar-refractivity contribution in [3.05, 3.63) is 82.1 Å². The van der Waals surface area contributed by atoms with Crippen molar-refractivity contribution in [2.24, 2.45) is 0 Å². The molecule has 0 radical (unpaired) electrons. The summed E-state index contributed by atoms with van der Waals surface area (Å²) in [5.74, 6) is -1.31. The third-order valence-electron chi connectivity index (χ3n) is 4.76. The number of hydrogen-bond acceptors (Lipinski definition) is 6. The standard InChI is InChI=1S/C24H21N3O5/c1-14-7-6-8-17(11-14)22(29)26-20-10-5-4-9-18(20)24(30)31-13-21(28)27-23-19(12-25)15(2)16(3)32-23/h4-11H,13H2,1-3H3,(H,26,29)(H,27,28). The van der Waals surface area contributed by atoms with Gasteiger partial charge in [0.25, 0.3) is 11.8 Å². The van der Waals surface area contributed by atoms with Crippen molar-refractivity contribution in [2.75, 3.05) is 17.2 Å². The average Bonchev–Trinajstić information content (AvgIpc) is 3.04. The lowest BCUT2D eigenvalue weighted by atomic mass is 10.1. The minimum Gasteiger partial charge on any atom is -0.452 e. The fraction of sp³-hybridized carbons (Fsp3) is 0.167. The molecule has 0 aliphatic carbocycles. The van der Waals surface area contributed by atoms with E-state index in [0.717, 1.165) is 5.56 Å². The predicted octanol–water partition coefficient (Wildman–Crippen LogP) is 4.12. The van der Waals surface area contributed by atoms with Gasteiger partial charge < -0.3 is 14.5 Å². The summed E-state index contributed by atoms with van der Waals surface area (Å²) in [6, 6.07) is 15.3. The largest absolute Gasteiger partial charge is 0.452 e. The molecular formula is C24H21N3O5. The quantitative estimate of drug-likeness (QED) is 0.566. The summed E-state index contributed by atoms with van der Waals surface area (Å²) in [6.07, 6.45) is 0. The first-order valence-corrected chi connectivity index (χ1v) is 9.74. The molecule has 0 saturated heterocycles. The van der Waals surface area contributed by atoms with E-state index in [2.05, 4.69) is 10.6 Å². The number of rotatable bonds is 6. The molecule has 3 rings (SSSR count). The van der Waals surface area contributed by atoms with Gasteiger partial charge in [-0.25, -0.2) is 4.79 Å². The molecule has 0 spiro atoms. The molecular weight excluding hydrogens is 410 g/mol. The Morgan fingerprint density at radius 2 is 1.78 bits per heavy atom. The zero-order valence-corrected chi connectivity index (χ0v) is 17.8. The zero-order valence-electron chi connectivity index (χ0n) is 17.8. The van der Waals surface area contributed by atoms with Crippen LogP contribution in [-0.2, 0) is 9.53 Å². The van der Waals surface area contributed by atoms with Crippen molar-refractivity contribution >= 4 is 29.4 Å². The van der Waals surface area contributed by atoms with Crippen molar-refractivity contribution in [3.63, 3.8) is 0 Å². The highest BCUT2D eigenvalue weighted by Gasteiger charge is 2.19. The number of nitrogens with zero attached hydrogens (tertiary/aromatic N) is 1. The lowest BCUT2D eigenvalue weighted by Gasteiger charge is -2.11. The summed E-state index contributed by atoms with van der Waals surface area (Å²) < 4.78 is 10.5. The Labute approximate surface area is 184 Å². The molecule has 32 heavy (non-hydrogen) atoms. The average molecular weight is 431 g/mol. The number of amides is 2. The Kier molecular flexibility index (Phi) is 6.71. The molecule has 0 fully saturated rings. The molecule has 3 aromatic rings. The van der Waals surface area contributed by atoms with E-state index in [-0.39, 0.29) is 28.6 Å². The number of furan rings is 1. The second kappa shape index (κ2) is 9.62. The molecule has 2 N–H and O–H groups in total. The van der Waals surface area contributed by atoms with Crippen molar-refractivity contribution < 1.29 is 23.5 Å². The van der Waals surface area contributed by atoms with Gasteiger partial charge >= 0.3 is 5.97 Å². The maximum atomic E-state index is 12.5. The minimum absolute atomic E-state index is 0.00867. The second-order valence-electron chi connectivity index (χ2n) is 7.09. The van der Waals surface area contributed by atoms with Gasteiger partial charge in [-0.15, -0.1) is 0 Å². The van der Waals surface area contributed by atoms with Gasteiger partial charge in [-0.2, -0.15) is 5.26 Å². The van der Waals surface area contributed by atoms with Gasteiger partial charge in [0.1, 0.15) is 17.4 Å². The summed E-state index contributed by atoms with van der Waals surface area (Å²) in [6.45, 7) is 4.66. The molecule has 8 heteroatoms. The molecule has 2 aromatic carbocycles. The van der Waals surface area contributed by atoms with Crippen LogP contribution in [0.5, 0.6) is 0 Å². The normalized spacial score (nSPS) is 10.2. The van der Waals surface area contributed by atoms with Crippen LogP contribution in [-0.4, -0.2) is 24.4 Å². The van der Waals surface area contributed by atoms with Crippen LogP contribution >= 0.6 is 0 Å². The Morgan fingerprint density at radius 1 is 1.03 bits per heavy atom. The van der Waals surface area contributed by atoms with Gasteiger partial charge in [-0.1, -0.05) is 29.8 Å². The Bertz CT molecular complexity index is 1240. The Morgan fingerprint density at radius 3 is 2.50 bits per heavy atom. The highest BCUT2D eigenvalue weighted by atomic mass is 16.5. The van der Waals surface area contributed by atoms with Gasteiger partial charge in [-0.05, 0) is 45.0 Å². The third kappa shape index (κ3) is 5.02. The van der Waals surface area contributed by atoms with Crippen molar-refractivity contribution in [3.8, 4) is 6.07 Å². The third-order valence-corrected chi connectivity index (χ3v) is 4.76. The van der Waals surface area contributed by atoms with E-state index >= 15 is 0 Å². The topological polar surface area (TPSA) is 121 Å². The van der Waals surface area contributed by atoms with Gasteiger partial charge in [0, 0.05) is 11.1 Å². The van der Waals surface area contributed by atoms with Crippen molar-refractivity contribution in [1.29, 1.82) is 5.26 Å². The number of carbonyl (C=O) groups excluding carboxylic acids is 3. The number of hydrogen-bond donors (Lipinski definition) is 2. The SMILES string of the molecule is Cc1cccc(C(=O)Nc2ccccc2C(=O)OCC(=O)Nc2oc(C)c(C)c2C#N)c1. The number of nitriles is 1. The molecule has 162 valence electrons. The molecule has 0 atom stereocenters. The first-order valence-electron chi connectivity index (χ1n) is 9.74. The molecule has 0 unspecified atom stereocenters. The number of benzene rings is 2. The van der Waals surface area contributed by atoms with Crippen LogP contribution in [0.3, 0.4) is 0 Å². The first kappa shape index (κ1) is 22.3. The van der Waals surface area contributed by atoms with E-state index in [1.165, 1.54) is 6.07 Å². The summed E-state index contributed by atoms with van der Waals surface area (Å²) in [5.41, 5.74) is 2.57. The summed E-state index contributed by atoms with van der Waals surface area (Å²) >= 11 is 0. The number of carbonyl (C=O) groups is 3. The van der Waals surface area contributed by atoms with E-state index in [1.807, 2.05) is 19.1 Å². The predicted molar refractivity (Wildman–Crippen MR) is 117 cm³/mol. The molecule has 2 amide bonds. The monoisotopic (exact) mass is 431 g/mol. The van der Waals surface area contributed by atoms with E-state index in [9.17, 15) is 19.6 Å². The molecule has 0 bridgehead atoms. The maximum absolute atomic E-state index is 12.5. The second-order valence-corrected chi connectivity index (χ2v) is 7.09. The summed E-state index contributed by atoms with van der Waals surface area (Å²) in [5, 5.41) is 14.3. The smallest absolute Gasteiger partial charge is 0.340 e. The molecule has 0 aliphatic rings. The van der Waals surface area contributed by atoms with E-state index < -0.39 is 18.5 Å². The number of esters is 1. The van der Waals surface area contributed by atoms with Gasteiger partial charge in [0.2, 0.25) is 5.88 Å². The van der Waals surface area contributed by atoms with Crippen LogP contribution in [0.15, 0.2) is 52.9 Å². The molecule has 0 aliphatic heterocycles. The highest BCUT2D eigenvalue weighted by Crippen LogP contribution is 2.25. The highest BCUT2D eigenvalue weighted by molar-refractivity contribution is 6.08. The van der Waals surface area contributed by atoms with Gasteiger partial charge in [-0.3, -0.25) is 14.9 Å². The van der Waals surface area contributed by atoms with E-state index in [1.54, 1.807) is 50.2 Å².